The minimum Gasteiger partial charge on any atom is -0.493 e. The number of nitro groups is 1. The average Bonchev–Trinajstić information content (AvgIpc) is 2.29. The molecule has 0 N–H and O–H groups in total. The Labute approximate surface area is 107 Å². The van der Waals surface area contributed by atoms with Crippen molar-refractivity contribution in [3.63, 3.8) is 0 Å². The maximum Gasteiger partial charge on any atom is 0.277 e. The number of ether oxygens (including phenoxy) is 2. The lowest BCUT2D eigenvalue weighted by atomic mass is 9.90. The van der Waals surface area contributed by atoms with E-state index in [1.54, 1.807) is 0 Å². The van der Waals surface area contributed by atoms with Gasteiger partial charge in [-0.15, -0.1) is 0 Å². The highest BCUT2D eigenvalue weighted by Crippen LogP contribution is 2.39. The van der Waals surface area contributed by atoms with Gasteiger partial charge in [0.2, 0.25) is 0 Å². The molecule has 0 saturated carbocycles. The average molecular weight is 300 g/mol. The SMILES string of the molecule is [B]c1c(OC)c(OC)c(Br)c(C=O)c1[N+](=O)[O-]. The van der Waals surface area contributed by atoms with Gasteiger partial charge in [0.25, 0.3) is 5.69 Å². The number of halogens is 1. The molecule has 0 unspecified atom stereocenters. The lowest BCUT2D eigenvalue weighted by Crippen LogP contribution is -2.17. The molecule has 0 fully saturated rings. The smallest absolute Gasteiger partial charge is 0.277 e. The molecule has 0 aliphatic rings. The van der Waals surface area contributed by atoms with Gasteiger partial charge in [-0.1, -0.05) is 0 Å². The molecule has 1 aromatic rings. The van der Waals surface area contributed by atoms with E-state index in [-0.39, 0.29) is 27.0 Å². The first-order valence-corrected chi connectivity index (χ1v) is 5.11. The highest BCUT2D eigenvalue weighted by Gasteiger charge is 2.28. The largest absolute Gasteiger partial charge is 0.493 e. The van der Waals surface area contributed by atoms with Gasteiger partial charge in [0.15, 0.2) is 17.8 Å². The first kappa shape index (κ1) is 13.5. The number of carbonyl (C=O) groups is 1. The van der Waals surface area contributed by atoms with Crippen molar-refractivity contribution in [3.05, 3.63) is 20.2 Å². The normalized spacial score (nSPS) is 9.82. The van der Waals surface area contributed by atoms with E-state index in [1.807, 2.05) is 0 Å². The molecule has 88 valence electrons. The van der Waals surface area contributed by atoms with E-state index in [4.69, 9.17) is 17.3 Å². The van der Waals surface area contributed by atoms with Crippen LogP contribution in [0, 0.1) is 10.1 Å². The van der Waals surface area contributed by atoms with Crippen molar-refractivity contribution < 1.29 is 19.2 Å². The van der Waals surface area contributed by atoms with Crippen molar-refractivity contribution >= 4 is 41.2 Å². The van der Waals surface area contributed by atoms with Crippen molar-refractivity contribution in [2.75, 3.05) is 14.2 Å². The Hall–Kier alpha value is -1.57. The van der Waals surface area contributed by atoms with Gasteiger partial charge in [0, 0.05) is 5.46 Å². The van der Waals surface area contributed by atoms with Crippen molar-refractivity contribution in [2.24, 2.45) is 0 Å². The molecule has 2 radical (unpaired) electrons. The molecule has 1 rings (SSSR count). The predicted molar refractivity (Wildman–Crippen MR) is 64.7 cm³/mol. The third kappa shape index (κ3) is 2.12. The number of benzene rings is 1. The number of nitro benzene ring substituents is 1. The van der Waals surface area contributed by atoms with Crippen molar-refractivity contribution in [1.82, 2.24) is 0 Å². The van der Waals surface area contributed by atoms with Crippen LogP contribution >= 0.6 is 15.9 Å². The zero-order valence-electron chi connectivity index (χ0n) is 9.02. The first-order chi connectivity index (χ1) is 7.99. The zero-order valence-corrected chi connectivity index (χ0v) is 10.6. The maximum atomic E-state index is 10.9. The Bertz CT molecular complexity index is 491. The second-order valence-corrected chi connectivity index (χ2v) is 3.72. The zero-order chi connectivity index (χ0) is 13.2. The van der Waals surface area contributed by atoms with Gasteiger partial charge in [-0.3, -0.25) is 14.9 Å². The molecule has 8 heteroatoms. The minimum absolute atomic E-state index is 0.0108. The van der Waals surface area contributed by atoms with Gasteiger partial charge in [-0.2, -0.15) is 0 Å². The summed E-state index contributed by atoms with van der Waals surface area (Å²) in [5.41, 5.74) is -0.950. The Kier molecular flexibility index (Phi) is 4.11. The molecule has 0 spiro atoms. The monoisotopic (exact) mass is 299 g/mol. The second-order valence-electron chi connectivity index (χ2n) is 2.93. The third-order valence-electron chi connectivity index (χ3n) is 2.11. The summed E-state index contributed by atoms with van der Waals surface area (Å²) in [6, 6.07) is 0. The summed E-state index contributed by atoms with van der Waals surface area (Å²) in [5.74, 6) is 0.148. The van der Waals surface area contributed by atoms with Crippen LogP contribution in [-0.2, 0) is 0 Å². The molecule has 0 aliphatic carbocycles. The molecule has 0 heterocycles. The molecule has 0 aromatic heterocycles. The fourth-order valence-corrected chi connectivity index (χ4v) is 2.01. The highest BCUT2D eigenvalue weighted by atomic mass is 79.9. The standard InChI is InChI=1S/C9H7BBrNO5/c1-16-8-5(10)7(12(14)15)4(3-13)6(11)9(8)17-2/h3H,1-2H3. The number of nitrogens with zero attached hydrogens (tertiary/aromatic N) is 1. The number of hydrogen-bond donors (Lipinski definition) is 0. The summed E-state index contributed by atoms with van der Waals surface area (Å²) in [7, 11) is 8.22. The van der Waals surface area contributed by atoms with Crippen LogP contribution in [0.25, 0.3) is 0 Å². The van der Waals surface area contributed by atoms with Crippen molar-refractivity contribution in [2.45, 2.75) is 0 Å². The Balaban J connectivity index is 3.79. The Morgan fingerprint density at radius 2 is 1.88 bits per heavy atom. The van der Waals surface area contributed by atoms with Crippen molar-refractivity contribution in [3.8, 4) is 11.5 Å². The highest BCUT2D eigenvalue weighted by molar-refractivity contribution is 9.10. The molecule has 0 amide bonds. The molecular weight excluding hydrogens is 293 g/mol. The minimum atomic E-state index is -0.744. The molecule has 0 saturated heterocycles. The summed E-state index contributed by atoms with van der Waals surface area (Å²) in [4.78, 5) is 21.0. The molecule has 17 heavy (non-hydrogen) atoms. The second kappa shape index (κ2) is 5.18. The van der Waals surface area contributed by atoms with Gasteiger partial charge < -0.3 is 9.47 Å². The molecule has 0 aliphatic heterocycles. The number of aldehydes is 1. The molecule has 0 atom stereocenters. The van der Waals surface area contributed by atoms with Gasteiger partial charge in [-0.05, 0) is 15.9 Å². The van der Waals surface area contributed by atoms with Gasteiger partial charge in [0.05, 0.1) is 23.6 Å². The van der Waals surface area contributed by atoms with Gasteiger partial charge >= 0.3 is 0 Å². The lowest BCUT2D eigenvalue weighted by Gasteiger charge is -2.14. The van der Waals surface area contributed by atoms with E-state index < -0.39 is 10.6 Å². The molecule has 0 bridgehead atoms. The van der Waals surface area contributed by atoms with E-state index in [9.17, 15) is 14.9 Å². The number of carbonyl (C=O) groups excluding carboxylic acids is 1. The number of methoxy groups -OCH3 is 2. The van der Waals surface area contributed by atoms with E-state index >= 15 is 0 Å². The molecule has 1 aromatic carbocycles. The van der Waals surface area contributed by atoms with Crippen LogP contribution in [0.4, 0.5) is 5.69 Å². The number of hydrogen-bond acceptors (Lipinski definition) is 5. The van der Waals surface area contributed by atoms with Crippen LogP contribution in [0.2, 0.25) is 0 Å². The van der Waals surface area contributed by atoms with E-state index in [0.29, 0.717) is 6.29 Å². The van der Waals surface area contributed by atoms with Crippen molar-refractivity contribution in [1.29, 1.82) is 0 Å². The summed E-state index contributed by atoms with van der Waals surface area (Å²) in [6.07, 6.45) is 0.334. The third-order valence-corrected chi connectivity index (χ3v) is 2.89. The van der Waals surface area contributed by atoms with Crippen LogP contribution in [0.1, 0.15) is 10.4 Å². The fourth-order valence-electron chi connectivity index (χ4n) is 1.39. The molecule has 6 nitrogen and oxygen atoms in total. The van der Waals surface area contributed by atoms with E-state index in [2.05, 4.69) is 15.9 Å². The summed E-state index contributed by atoms with van der Waals surface area (Å²) in [5, 5.41) is 10.9. The van der Waals surface area contributed by atoms with Gasteiger partial charge in [0.1, 0.15) is 13.4 Å². The summed E-state index contributed by atoms with van der Waals surface area (Å²) >= 11 is 3.05. The predicted octanol–water partition coefficient (Wildman–Crippen LogP) is 0.981. The van der Waals surface area contributed by atoms with Crippen LogP contribution in [-0.4, -0.2) is 33.3 Å². The summed E-state index contributed by atoms with van der Waals surface area (Å²) in [6.45, 7) is 0. The molecular formula is C9H7BBrNO5. The van der Waals surface area contributed by atoms with E-state index in [1.165, 1.54) is 14.2 Å². The van der Waals surface area contributed by atoms with E-state index in [0.717, 1.165) is 0 Å². The van der Waals surface area contributed by atoms with Crippen LogP contribution in [0.15, 0.2) is 4.47 Å². The quantitative estimate of drug-likeness (QED) is 0.358. The topological polar surface area (TPSA) is 78.7 Å². The van der Waals surface area contributed by atoms with Crippen LogP contribution in [0.3, 0.4) is 0 Å². The first-order valence-electron chi connectivity index (χ1n) is 4.32. The van der Waals surface area contributed by atoms with Crippen LogP contribution in [0.5, 0.6) is 11.5 Å². The van der Waals surface area contributed by atoms with Gasteiger partial charge in [-0.25, -0.2) is 0 Å². The Morgan fingerprint density at radius 1 is 1.35 bits per heavy atom. The number of rotatable bonds is 4. The maximum absolute atomic E-state index is 10.9. The summed E-state index contributed by atoms with van der Waals surface area (Å²) < 4.78 is 10.1. The fraction of sp³-hybridized carbons (Fsp3) is 0.222. The Morgan fingerprint density at radius 3 is 2.24 bits per heavy atom. The van der Waals surface area contributed by atoms with Crippen LogP contribution < -0.4 is 14.9 Å². The lowest BCUT2D eigenvalue weighted by molar-refractivity contribution is -0.383.